The first kappa shape index (κ1) is 22.1. The van der Waals surface area contributed by atoms with Crippen molar-refractivity contribution in [3.05, 3.63) is 46.3 Å². The normalized spacial score (nSPS) is 17.1. The second-order valence-corrected chi connectivity index (χ2v) is 11.0. The SMILES string of the molecule is COc1ccc(CNC(=O)[C@@H](C)C2CCN(S(=O)(=O)c3ccc(Cl)s3)CC2)cc1. The fraction of sp³-hybridized carbons (Fsp3) is 0.450. The molecule has 1 aromatic carbocycles. The quantitative estimate of drug-likeness (QED) is 0.688. The predicted octanol–water partition coefficient (Wildman–Crippen LogP) is 3.76. The summed E-state index contributed by atoms with van der Waals surface area (Å²) in [6.07, 6.45) is 1.32. The van der Waals surface area contributed by atoms with Gasteiger partial charge in [-0.25, -0.2) is 8.42 Å². The number of nitrogens with one attached hydrogen (secondary N) is 1. The number of hydrogen-bond donors (Lipinski definition) is 1. The minimum absolute atomic E-state index is 0.00726. The molecule has 1 N–H and O–H groups in total. The minimum Gasteiger partial charge on any atom is -0.497 e. The second kappa shape index (κ2) is 9.47. The van der Waals surface area contributed by atoms with Gasteiger partial charge in [-0.3, -0.25) is 4.79 Å². The molecule has 1 atom stereocenters. The number of carbonyl (C=O) groups is 1. The van der Waals surface area contributed by atoms with Gasteiger partial charge in [-0.15, -0.1) is 11.3 Å². The van der Waals surface area contributed by atoms with Crippen LogP contribution in [0.1, 0.15) is 25.3 Å². The molecule has 1 aromatic heterocycles. The Morgan fingerprint density at radius 2 is 1.90 bits per heavy atom. The Labute approximate surface area is 180 Å². The Kier molecular flexibility index (Phi) is 7.21. The van der Waals surface area contributed by atoms with Crippen LogP contribution in [0.3, 0.4) is 0 Å². The van der Waals surface area contributed by atoms with Gasteiger partial charge in [-0.2, -0.15) is 4.31 Å². The Hall–Kier alpha value is -1.61. The van der Waals surface area contributed by atoms with E-state index in [4.69, 9.17) is 16.3 Å². The van der Waals surface area contributed by atoms with E-state index in [1.54, 1.807) is 19.2 Å². The van der Waals surface area contributed by atoms with Gasteiger partial charge in [-0.05, 0) is 48.6 Å². The number of benzene rings is 1. The molecule has 29 heavy (non-hydrogen) atoms. The number of sulfonamides is 1. The number of methoxy groups -OCH3 is 1. The first-order valence-corrected chi connectivity index (χ1v) is 12.1. The van der Waals surface area contributed by atoms with E-state index >= 15 is 0 Å². The van der Waals surface area contributed by atoms with E-state index in [0.29, 0.717) is 36.8 Å². The van der Waals surface area contributed by atoms with Crippen LogP contribution in [-0.2, 0) is 21.4 Å². The van der Waals surface area contributed by atoms with Gasteiger partial charge in [0.25, 0.3) is 10.0 Å². The fourth-order valence-corrected chi connectivity index (χ4v) is 6.59. The van der Waals surface area contributed by atoms with Gasteiger partial charge in [0.1, 0.15) is 9.96 Å². The van der Waals surface area contributed by atoms with Crippen molar-refractivity contribution in [1.82, 2.24) is 9.62 Å². The molecule has 0 aliphatic carbocycles. The van der Waals surface area contributed by atoms with Crippen molar-refractivity contribution >= 4 is 38.9 Å². The summed E-state index contributed by atoms with van der Waals surface area (Å²) in [6, 6.07) is 10.7. The Balaban J connectivity index is 1.51. The molecule has 2 heterocycles. The second-order valence-electron chi connectivity index (χ2n) is 7.15. The zero-order chi connectivity index (χ0) is 21.0. The number of piperidine rings is 1. The molecule has 158 valence electrons. The van der Waals surface area contributed by atoms with Gasteiger partial charge in [-0.1, -0.05) is 30.7 Å². The highest BCUT2D eigenvalue weighted by molar-refractivity contribution is 7.91. The lowest BCUT2D eigenvalue weighted by Gasteiger charge is -2.33. The van der Waals surface area contributed by atoms with Gasteiger partial charge < -0.3 is 10.1 Å². The largest absolute Gasteiger partial charge is 0.497 e. The Bertz CT molecular complexity index is 936. The number of rotatable bonds is 7. The summed E-state index contributed by atoms with van der Waals surface area (Å²) in [5.41, 5.74) is 1.00. The average Bonchev–Trinajstić information content (AvgIpc) is 3.19. The molecule has 1 aliphatic rings. The molecule has 1 fully saturated rings. The number of carbonyl (C=O) groups excluding carboxylic acids is 1. The number of hydrogen-bond acceptors (Lipinski definition) is 5. The van der Waals surface area contributed by atoms with Gasteiger partial charge in [0.15, 0.2) is 0 Å². The lowest BCUT2D eigenvalue weighted by atomic mass is 9.85. The summed E-state index contributed by atoms with van der Waals surface area (Å²) in [7, 11) is -1.89. The number of ether oxygens (including phenoxy) is 1. The van der Waals surface area contributed by atoms with E-state index in [2.05, 4.69) is 5.32 Å². The summed E-state index contributed by atoms with van der Waals surface area (Å²) in [6.45, 7) is 3.20. The highest BCUT2D eigenvalue weighted by atomic mass is 35.5. The van der Waals surface area contributed by atoms with Gasteiger partial charge in [0, 0.05) is 25.6 Å². The molecular formula is C20H25ClN2O4S2. The van der Waals surface area contributed by atoms with E-state index in [9.17, 15) is 13.2 Å². The third-order valence-electron chi connectivity index (χ3n) is 5.39. The molecule has 1 saturated heterocycles. The molecule has 9 heteroatoms. The van der Waals surface area contributed by atoms with E-state index < -0.39 is 10.0 Å². The van der Waals surface area contributed by atoms with Crippen molar-refractivity contribution in [2.45, 2.75) is 30.5 Å². The molecule has 0 radical (unpaired) electrons. The number of halogens is 1. The number of thiophene rings is 1. The maximum Gasteiger partial charge on any atom is 0.252 e. The Morgan fingerprint density at radius 3 is 2.45 bits per heavy atom. The van der Waals surface area contributed by atoms with Crippen LogP contribution in [0.15, 0.2) is 40.6 Å². The topological polar surface area (TPSA) is 75.7 Å². The van der Waals surface area contributed by atoms with E-state index in [1.807, 2.05) is 31.2 Å². The first-order valence-electron chi connectivity index (χ1n) is 9.47. The molecule has 6 nitrogen and oxygen atoms in total. The minimum atomic E-state index is -3.51. The van der Waals surface area contributed by atoms with Crippen LogP contribution in [0.4, 0.5) is 0 Å². The average molecular weight is 457 g/mol. The van der Waals surface area contributed by atoms with Crippen LogP contribution in [0, 0.1) is 11.8 Å². The summed E-state index contributed by atoms with van der Waals surface area (Å²) in [5.74, 6) is 0.755. The summed E-state index contributed by atoms with van der Waals surface area (Å²) >= 11 is 6.95. The molecule has 2 aromatic rings. The van der Waals surface area contributed by atoms with E-state index in [1.165, 1.54) is 4.31 Å². The summed E-state index contributed by atoms with van der Waals surface area (Å²) < 4.78 is 32.8. The highest BCUT2D eigenvalue weighted by Gasteiger charge is 2.34. The fourth-order valence-electron chi connectivity index (χ4n) is 3.49. The zero-order valence-corrected chi connectivity index (χ0v) is 18.8. The maximum absolute atomic E-state index is 12.7. The third-order valence-corrected chi connectivity index (χ3v) is 8.98. The molecule has 3 rings (SSSR count). The van der Waals surface area contributed by atoms with E-state index in [-0.39, 0.29) is 22.0 Å². The van der Waals surface area contributed by atoms with Crippen molar-refractivity contribution < 1.29 is 17.9 Å². The summed E-state index contributed by atoms with van der Waals surface area (Å²) in [5, 5.41) is 2.98. The lowest BCUT2D eigenvalue weighted by Crippen LogP contribution is -2.42. The molecule has 0 unspecified atom stereocenters. The molecule has 1 aliphatic heterocycles. The molecule has 1 amide bonds. The van der Waals surface area contributed by atoms with Crippen LogP contribution in [0.25, 0.3) is 0 Å². The van der Waals surface area contributed by atoms with Crippen LogP contribution >= 0.6 is 22.9 Å². The van der Waals surface area contributed by atoms with Gasteiger partial charge in [0.05, 0.1) is 11.4 Å². The highest BCUT2D eigenvalue weighted by Crippen LogP contribution is 2.32. The van der Waals surface area contributed by atoms with Crippen molar-refractivity contribution in [3.8, 4) is 5.75 Å². The van der Waals surface area contributed by atoms with Crippen molar-refractivity contribution in [3.63, 3.8) is 0 Å². The van der Waals surface area contributed by atoms with Crippen LogP contribution in [0.5, 0.6) is 5.75 Å². The smallest absolute Gasteiger partial charge is 0.252 e. The summed E-state index contributed by atoms with van der Waals surface area (Å²) in [4.78, 5) is 12.6. The van der Waals surface area contributed by atoms with Gasteiger partial charge >= 0.3 is 0 Å². The lowest BCUT2D eigenvalue weighted by molar-refractivity contribution is -0.126. The van der Waals surface area contributed by atoms with Crippen LogP contribution in [0.2, 0.25) is 4.34 Å². The molecular weight excluding hydrogens is 432 g/mol. The van der Waals surface area contributed by atoms with Gasteiger partial charge in [0.2, 0.25) is 5.91 Å². The van der Waals surface area contributed by atoms with Crippen LogP contribution < -0.4 is 10.1 Å². The van der Waals surface area contributed by atoms with Crippen LogP contribution in [-0.4, -0.2) is 38.8 Å². The number of amides is 1. The van der Waals surface area contributed by atoms with Crippen molar-refractivity contribution in [1.29, 1.82) is 0 Å². The molecule has 0 bridgehead atoms. The molecule has 0 spiro atoms. The molecule has 0 saturated carbocycles. The van der Waals surface area contributed by atoms with E-state index in [0.717, 1.165) is 22.6 Å². The maximum atomic E-state index is 12.7. The number of nitrogens with zero attached hydrogens (tertiary/aromatic N) is 1. The monoisotopic (exact) mass is 456 g/mol. The zero-order valence-electron chi connectivity index (χ0n) is 16.4. The Morgan fingerprint density at radius 1 is 1.24 bits per heavy atom. The van der Waals surface area contributed by atoms with Crippen molar-refractivity contribution in [2.75, 3.05) is 20.2 Å². The predicted molar refractivity (Wildman–Crippen MR) is 115 cm³/mol. The third kappa shape index (κ3) is 5.31. The first-order chi connectivity index (χ1) is 13.8. The van der Waals surface area contributed by atoms with Crippen molar-refractivity contribution in [2.24, 2.45) is 11.8 Å². The standard InChI is InChI=1S/C20H25ClN2O4S2/c1-14(20(24)22-13-15-3-5-17(27-2)6-4-15)16-9-11-23(12-10-16)29(25,26)19-8-7-18(21)28-19/h3-8,14,16H,9-13H2,1-2H3,(H,22,24)/t14-/m0/s1.